The second-order valence-electron chi connectivity index (χ2n) is 5.97. The number of aryl methyl sites for hydroxylation is 1. The predicted octanol–water partition coefficient (Wildman–Crippen LogP) is 2.00. The lowest BCUT2D eigenvalue weighted by atomic mass is 10.1. The Bertz CT molecular complexity index is 806. The summed E-state index contributed by atoms with van der Waals surface area (Å²) < 4.78 is 23.1. The highest BCUT2D eigenvalue weighted by Crippen LogP contribution is 2.23. The molecule has 122 valence electrons. The number of pyridine rings is 1. The summed E-state index contributed by atoms with van der Waals surface area (Å²) in [6, 6.07) is 5.62. The van der Waals surface area contributed by atoms with Crippen molar-refractivity contribution >= 4 is 15.7 Å². The van der Waals surface area contributed by atoms with Crippen molar-refractivity contribution < 1.29 is 8.42 Å². The van der Waals surface area contributed by atoms with Crippen LogP contribution in [0.5, 0.6) is 0 Å². The molecule has 0 aromatic carbocycles. The predicted molar refractivity (Wildman–Crippen MR) is 90.0 cm³/mol. The number of sulfone groups is 1. The largest absolute Gasteiger partial charge is 0.369 e. The molecule has 0 aliphatic carbocycles. The standard InChI is InChI=1S/C16H20N4O2S/c1-11-12(2)19-16(14-5-3-4-7-17-14)20-15(11)18-9-13-6-8-23(21,22)10-13/h3-5,7,13H,6,8-10H2,1-2H3,(H,18,19,20). The first kappa shape index (κ1) is 15.9. The molecule has 0 amide bonds. The van der Waals surface area contributed by atoms with Crippen LogP contribution in [0.4, 0.5) is 5.82 Å². The summed E-state index contributed by atoms with van der Waals surface area (Å²) in [5.41, 5.74) is 2.59. The molecule has 1 saturated heterocycles. The highest BCUT2D eigenvalue weighted by molar-refractivity contribution is 7.91. The van der Waals surface area contributed by atoms with Crippen LogP contribution in [0.1, 0.15) is 17.7 Å². The molecular weight excluding hydrogens is 312 g/mol. The van der Waals surface area contributed by atoms with Gasteiger partial charge >= 0.3 is 0 Å². The summed E-state index contributed by atoms with van der Waals surface area (Å²) in [5.74, 6) is 2.03. The number of rotatable bonds is 4. The molecule has 1 fully saturated rings. The van der Waals surface area contributed by atoms with Gasteiger partial charge in [-0.05, 0) is 38.3 Å². The molecule has 6 nitrogen and oxygen atoms in total. The van der Waals surface area contributed by atoms with E-state index in [-0.39, 0.29) is 11.7 Å². The van der Waals surface area contributed by atoms with Crippen molar-refractivity contribution in [3.63, 3.8) is 0 Å². The SMILES string of the molecule is Cc1nc(-c2ccccn2)nc(NCC2CCS(=O)(=O)C2)c1C. The van der Waals surface area contributed by atoms with Crippen LogP contribution < -0.4 is 5.32 Å². The molecule has 0 saturated carbocycles. The number of nitrogens with one attached hydrogen (secondary N) is 1. The van der Waals surface area contributed by atoms with Crippen LogP contribution in [-0.4, -0.2) is 41.4 Å². The van der Waals surface area contributed by atoms with Crippen molar-refractivity contribution in [3.8, 4) is 11.5 Å². The summed E-state index contributed by atoms with van der Waals surface area (Å²) in [4.78, 5) is 13.3. The Hall–Kier alpha value is -2.02. The molecule has 7 heteroatoms. The summed E-state index contributed by atoms with van der Waals surface area (Å²) in [5, 5.41) is 3.30. The molecular formula is C16H20N4O2S. The number of hydrogen-bond acceptors (Lipinski definition) is 6. The summed E-state index contributed by atoms with van der Waals surface area (Å²) in [7, 11) is -2.85. The van der Waals surface area contributed by atoms with Gasteiger partial charge in [0, 0.05) is 24.0 Å². The molecule has 1 N–H and O–H groups in total. The molecule has 3 rings (SSSR count). The minimum absolute atomic E-state index is 0.146. The Balaban J connectivity index is 1.80. The topological polar surface area (TPSA) is 84.8 Å². The third-order valence-electron chi connectivity index (χ3n) is 4.17. The number of aromatic nitrogens is 3. The number of hydrogen-bond donors (Lipinski definition) is 1. The van der Waals surface area contributed by atoms with Gasteiger partial charge in [0.1, 0.15) is 11.5 Å². The van der Waals surface area contributed by atoms with E-state index >= 15 is 0 Å². The Morgan fingerprint density at radius 3 is 2.74 bits per heavy atom. The molecule has 2 aromatic rings. The van der Waals surface area contributed by atoms with Crippen LogP contribution in [0.3, 0.4) is 0 Å². The van der Waals surface area contributed by atoms with E-state index in [1.165, 1.54) is 0 Å². The minimum atomic E-state index is -2.85. The molecule has 1 aliphatic heterocycles. The average Bonchev–Trinajstić information content (AvgIpc) is 2.88. The molecule has 1 unspecified atom stereocenters. The van der Waals surface area contributed by atoms with Crippen molar-refractivity contribution in [3.05, 3.63) is 35.7 Å². The lowest BCUT2D eigenvalue weighted by molar-refractivity contribution is 0.595. The van der Waals surface area contributed by atoms with E-state index in [4.69, 9.17) is 0 Å². The van der Waals surface area contributed by atoms with Gasteiger partial charge in [0.15, 0.2) is 15.7 Å². The van der Waals surface area contributed by atoms with Crippen molar-refractivity contribution in [2.24, 2.45) is 5.92 Å². The quantitative estimate of drug-likeness (QED) is 0.922. The molecule has 0 radical (unpaired) electrons. The molecule has 0 spiro atoms. The zero-order chi connectivity index (χ0) is 16.4. The van der Waals surface area contributed by atoms with Gasteiger partial charge in [-0.3, -0.25) is 4.98 Å². The van der Waals surface area contributed by atoms with Crippen LogP contribution >= 0.6 is 0 Å². The van der Waals surface area contributed by atoms with E-state index in [0.29, 0.717) is 24.5 Å². The van der Waals surface area contributed by atoms with Crippen LogP contribution in [0.15, 0.2) is 24.4 Å². The van der Waals surface area contributed by atoms with Gasteiger partial charge in [0.25, 0.3) is 0 Å². The Labute approximate surface area is 136 Å². The second kappa shape index (κ2) is 6.23. The van der Waals surface area contributed by atoms with Gasteiger partial charge in [-0.15, -0.1) is 0 Å². The lowest BCUT2D eigenvalue weighted by Crippen LogP contribution is -2.17. The van der Waals surface area contributed by atoms with Crippen LogP contribution in [0.25, 0.3) is 11.5 Å². The maximum Gasteiger partial charge on any atom is 0.180 e. The summed E-state index contributed by atoms with van der Waals surface area (Å²) in [6.45, 7) is 4.51. The summed E-state index contributed by atoms with van der Waals surface area (Å²) >= 11 is 0. The van der Waals surface area contributed by atoms with Crippen molar-refractivity contribution in [1.82, 2.24) is 15.0 Å². The minimum Gasteiger partial charge on any atom is -0.369 e. The Kier molecular flexibility index (Phi) is 4.30. The van der Waals surface area contributed by atoms with Gasteiger partial charge < -0.3 is 5.32 Å². The first-order chi connectivity index (χ1) is 10.9. The van der Waals surface area contributed by atoms with E-state index in [2.05, 4.69) is 20.3 Å². The fourth-order valence-electron chi connectivity index (χ4n) is 2.68. The molecule has 23 heavy (non-hydrogen) atoms. The van der Waals surface area contributed by atoms with Crippen molar-refractivity contribution in [2.45, 2.75) is 20.3 Å². The first-order valence-corrected chi connectivity index (χ1v) is 9.48. The van der Waals surface area contributed by atoms with Gasteiger partial charge in [-0.1, -0.05) is 6.07 Å². The molecule has 0 bridgehead atoms. The highest BCUT2D eigenvalue weighted by atomic mass is 32.2. The van der Waals surface area contributed by atoms with E-state index in [1.54, 1.807) is 6.20 Å². The first-order valence-electron chi connectivity index (χ1n) is 7.65. The zero-order valence-electron chi connectivity index (χ0n) is 13.3. The van der Waals surface area contributed by atoms with E-state index in [9.17, 15) is 8.42 Å². The normalized spacial score (nSPS) is 19.7. The highest BCUT2D eigenvalue weighted by Gasteiger charge is 2.27. The summed E-state index contributed by atoms with van der Waals surface area (Å²) in [6.07, 6.45) is 2.43. The third-order valence-corrected chi connectivity index (χ3v) is 6.01. The van der Waals surface area contributed by atoms with Crippen LogP contribution in [0, 0.1) is 19.8 Å². The fraction of sp³-hybridized carbons (Fsp3) is 0.438. The van der Waals surface area contributed by atoms with Crippen LogP contribution in [-0.2, 0) is 9.84 Å². The third kappa shape index (κ3) is 3.67. The fourth-order valence-corrected chi connectivity index (χ4v) is 4.55. The molecule has 3 heterocycles. The zero-order valence-corrected chi connectivity index (χ0v) is 14.1. The lowest BCUT2D eigenvalue weighted by Gasteiger charge is -2.14. The Morgan fingerprint density at radius 1 is 1.26 bits per heavy atom. The maximum atomic E-state index is 11.6. The van der Waals surface area contributed by atoms with Gasteiger partial charge in [-0.2, -0.15) is 0 Å². The smallest absolute Gasteiger partial charge is 0.180 e. The molecule has 1 atom stereocenters. The van der Waals surface area contributed by atoms with E-state index in [1.807, 2.05) is 32.0 Å². The number of nitrogens with zero attached hydrogens (tertiary/aromatic N) is 3. The monoisotopic (exact) mass is 332 g/mol. The van der Waals surface area contributed by atoms with Crippen molar-refractivity contribution in [2.75, 3.05) is 23.4 Å². The van der Waals surface area contributed by atoms with Gasteiger partial charge in [0.2, 0.25) is 0 Å². The van der Waals surface area contributed by atoms with Gasteiger partial charge in [0.05, 0.1) is 11.5 Å². The van der Waals surface area contributed by atoms with E-state index < -0.39 is 9.84 Å². The second-order valence-corrected chi connectivity index (χ2v) is 8.20. The van der Waals surface area contributed by atoms with Crippen molar-refractivity contribution in [1.29, 1.82) is 0 Å². The van der Waals surface area contributed by atoms with Crippen LogP contribution in [0.2, 0.25) is 0 Å². The molecule has 2 aromatic heterocycles. The average molecular weight is 332 g/mol. The molecule has 1 aliphatic rings. The Morgan fingerprint density at radius 2 is 2.09 bits per heavy atom. The number of anilines is 1. The maximum absolute atomic E-state index is 11.6. The van der Waals surface area contributed by atoms with E-state index in [0.717, 1.165) is 22.8 Å². The van der Waals surface area contributed by atoms with Gasteiger partial charge in [-0.25, -0.2) is 18.4 Å².